The van der Waals surface area contributed by atoms with E-state index in [9.17, 15) is 19.5 Å². The molecule has 1 atom stereocenters. The molecule has 0 unspecified atom stereocenters. The first-order valence-corrected chi connectivity index (χ1v) is 8.29. The van der Waals surface area contributed by atoms with Crippen LogP contribution < -0.4 is 16.0 Å². The zero-order valence-electron chi connectivity index (χ0n) is 12.9. The molecule has 1 rings (SSSR count). The number of carbonyl (C=O) groups excluding carboxylic acids is 3. The Morgan fingerprint density at radius 1 is 1.17 bits per heavy atom. The molecule has 0 fully saturated rings. The van der Waals surface area contributed by atoms with Crippen LogP contribution in [0.1, 0.15) is 49.4 Å². The van der Waals surface area contributed by atoms with Gasteiger partial charge in [-0.05, 0) is 46.8 Å². The van der Waals surface area contributed by atoms with E-state index in [2.05, 4.69) is 26.8 Å². The van der Waals surface area contributed by atoms with Gasteiger partial charge in [-0.3, -0.25) is 20.4 Å². The second kappa shape index (κ2) is 9.99. The molecule has 2 N–H and O–H groups in total. The molecule has 0 spiro atoms. The van der Waals surface area contributed by atoms with Crippen LogP contribution in [-0.2, 0) is 9.59 Å². The minimum absolute atomic E-state index is 0.0125. The zero-order chi connectivity index (χ0) is 17.2. The van der Waals surface area contributed by atoms with Gasteiger partial charge in [-0.15, -0.1) is 0 Å². The Bertz CT molecular complexity index is 563. The molecule has 126 valence electrons. The first kappa shape index (κ1) is 19.2. The fraction of sp³-hybridized carbons (Fsp3) is 0.438. The fourth-order valence-electron chi connectivity index (χ4n) is 2.04. The third kappa shape index (κ3) is 6.81. The Hall–Kier alpha value is -1.89. The van der Waals surface area contributed by atoms with Gasteiger partial charge in [0.2, 0.25) is 5.91 Å². The number of carboxylic acids is 1. The lowest BCUT2D eigenvalue weighted by atomic mass is 9.97. The predicted octanol–water partition coefficient (Wildman–Crippen LogP) is 1.55. The fourth-order valence-corrected chi connectivity index (χ4v) is 2.50. The summed E-state index contributed by atoms with van der Waals surface area (Å²) < 4.78 is 0.614. The van der Waals surface area contributed by atoms with Gasteiger partial charge in [-0.25, -0.2) is 0 Å². The molecule has 0 heterocycles. The number of unbranched alkanes of at least 4 members (excludes halogenated alkanes) is 1. The summed E-state index contributed by atoms with van der Waals surface area (Å²) in [7, 11) is 0. The van der Waals surface area contributed by atoms with E-state index in [0.717, 1.165) is 12.8 Å². The van der Waals surface area contributed by atoms with Crippen LogP contribution in [0, 0.1) is 5.92 Å². The lowest BCUT2D eigenvalue weighted by molar-refractivity contribution is -0.312. The maximum Gasteiger partial charge on any atom is 0.270 e. The number of benzene rings is 1. The van der Waals surface area contributed by atoms with E-state index in [1.807, 2.05) is 6.92 Å². The zero-order valence-corrected chi connectivity index (χ0v) is 14.5. The number of hydrazine groups is 1. The molecule has 0 aliphatic carbocycles. The summed E-state index contributed by atoms with van der Waals surface area (Å²) in [6.07, 6.45) is 2.37. The Morgan fingerprint density at radius 2 is 1.87 bits per heavy atom. The number of carboxylic acid groups (broad SMARTS) is 1. The molecule has 0 saturated heterocycles. The topological polar surface area (TPSA) is 98.3 Å². The van der Waals surface area contributed by atoms with Gasteiger partial charge in [0.05, 0.1) is 5.56 Å². The first-order chi connectivity index (χ1) is 11.0. The van der Waals surface area contributed by atoms with Gasteiger partial charge in [0.25, 0.3) is 5.91 Å². The number of carbonyl (C=O) groups is 3. The van der Waals surface area contributed by atoms with Crippen LogP contribution in [0.2, 0.25) is 0 Å². The number of aliphatic carboxylic acids is 1. The SMILES string of the molecule is CCCC[C@H](CCC(=O)NNC(=O)c1ccccc1Br)C(=O)[O-]. The number of nitrogens with one attached hydrogen (secondary N) is 2. The third-order valence-corrected chi connectivity index (χ3v) is 4.08. The molecule has 0 aromatic heterocycles. The quantitative estimate of drug-likeness (QED) is 0.665. The lowest BCUT2D eigenvalue weighted by Crippen LogP contribution is -2.42. The van der Waals surface area contributed by atoms with E-state index in [4.69, 9.17) is 0 Å². The van der Waals surface area contributed by atoms with Gasteiger partial charge in [0, 0.05) is 16.9 Å². The molecule has 0 aliphatic rings. The molecule has 0 radical (unpaired) electrons. The average molecular weight is 384 g/mol. The van der Waals surface area contributed by atoms with Crippen molar-refractivity contribution in [3.05, 3.63) is 34.3 Å². The maximum atomic E-state index is 11.9. The van der Waals surface area contributed by atoms with Gasteiger partial charge in [0.1, 0.15) is 0 Å². The summed E-state index contributed by atoms with van der Waals surface area (Å²) in [5.41, 5.74) is 4.98. The van der Waals surface area contributed by atoms with Crippen molar-refractivity contribution in [3.63, 3.8) is 0 Å². The highest BCUT2D eigenvalue weighted by molar-refractivity contribution is 9.10. The van der Waals surface area contributed by atoms with E-state index in [1.165, 1.54) is 0 Å². The largest absolute Gasteiger partial charge is 0.550 e. The number of amides is 2. The van der Waals surface area contributed by atoms with E-state index >= 15 is 0 Å². The monoisotopic (exact) mass is 383 g/mol. The minimum atomic E-state index is -1.14. The van der Waals surface area contributed by atoms with Crippen LogP contribution in [0.5, 0.6) is 0 Å². The molecular formula is C16H20BrN2O4-. The van der Waals surface area contributed by atoms with Crippen molar-refractivity contribution < 1.29 is 19.5 Å². The van der Waals surface area contributed by atoms with Crippen LogP contribution in [0.4, 0.5) is 0 Å². The summed E-state index contributed by atoms with van der Waals surface area (Å²) in [5.74, 6) is -2.66. The van der Waals surface area contributed by atoms with E-state index in [-0.39, 0.29) is 12.8 Å². The third-order valence-electron chi connectivity index (χ3n) is 3.39. The summed E-state index contributed by atoms with van der Waals surface area (Å²) in [4.78, 5) is 34.6. The number of rotatable bonds is 8. The van der Waals surface area contributed by atoms with Gasteiger partial charge >= 0.3 is 0 Å². The lowest BCUT2D eigenvalue weighted by Gasteiger charge is -2.17. The van der Waals surface area contributed by atoms with Gasteiger partial charge in [-0.1, -0.05) is 31.9 Å². The predicted molar refractivity (Wildman–Crippen MR) is 87.0 cm³/mol. The molecule has 23 heavy (non-hydrogen) atoms. The van der Waals surface area contributed by atoms with Crippen LogP contribution in [0.25, 0.3) is 0 Å². The molecular weight excluding hydrogens is 364 g/mol. The summed E-state index contributed by atoms with van der Waals surface area (Å²) in [6.45, 7) is 1.97. The van der Waals surface area contributed by atoms with E-state index in [0.29, 0.717) is 16.5 Å². The highest BCUT2D eigenvalue weighted by atomic mass is 79.9. The van der Waals surface area contributed by atoms with Crippen molar-refractivity contribution in [1.29, 1.82) is 0 Å². The Morgan fingerprint density at radius 3 is 2.48 bits per heavy atom. The first-order valence-electron chi connectivity index (χ1n) is 7.50. The van der Waals surface area contributed by atoms with E-state index in [1.54, 1.807) is 24.3 Å². The summed E-state index contributed by atoms with van der Waals surface area (Å²) in [6, 6.07) is 6.81. The summed E-state index contributed by atoms with van der Waals surface area (Å²) in [5, 5.41) is 11.0. The molecule has 2 amide bonds. The van der Waals surface area contributed by atoms with Gasteiger partial charge in [0.15, 0.2) is 0 Å². The highest BCUT2D eigenvalue weighted by Gasteiger charge is 2.14. The molecule has 6 nitrogen and oxygen atoms in total. The van der Waals surface area contributed by atoms with Crippen molar-refractivity contribution in [2.24, 2.45) is 5.92 Å². The molecule has 0 bridgehead atoms. The standard InChI is InChI=1S/C16H21BrN2O4/c1-2-3-6-11(16(22)23)9-10-14(20)18-19-15(21)12-7-4-5-8-13(12)17/h4-5,7-8,11H,2-3,6,9-10H2,1H3,(H,18,20)(H,19,21)(H,22,23)/p-1/t11-/m1/s1. The number of hydrogen-bond acceptors (Lipinski definition) is 4. The number of halogens is 1. The van der Waals surface area contributed by atoms with Crippen LogP contribution in [0.3, 0.4) is 0 Å². The number of hydrogen-bond donors (Lipinski definition) is 2. The van der Waals surface area contributed by atoms with Crippen molar-refractivity contribution in [1.82, 2.24) is 10.9 Å². The smallest absolute Gasteiger partial charge is 0.270 e. The van der Waals surface area contributed by atoms with Crippen LogP contribution >= 0.6 is 15.9 Å². The maximum absolute atomic E-state index is 11.9. The highest BCUT2D eigenvalue weighted by Crippen LogP contribution is 2.15. The van der Waals surface area contributed by atoms with Gasteiger partial charge < -0.3 is 9.90 Å². The molecule has 1 aromatic carbocycles. The minimum Gasteiger partial charge on any atom is -0.550 e. The normalized spacial score (nSPS) is 11.6. The van der Waals surface area contributed by atoms with Crippen LogP contribution in [0.15, 0.2) is 28.7 Å². The second-order valence-corrected chi connectivity index (χ2v) is 6.03. The Balaban J connectivity index is 2.40. The van der Waals surface area contributed by atoms with E-state index < -0.39 is 23.7 Å². The van der Waals surface area contributed by atoms with Crippen molar-refractivity contribution >= 4 is 33.7 Å². The second-order valence-electron chi connectivity index (χ2n) is 5.18. The van der Waals surface area contributed by atoms with Gasteiger partial charge in [-0.2, -0.15) is 0 Å². The molecule has 7 heteroatoms. The molecule has 0 aliphatic heterocycles. The summed E-state index contributed by atoms with van der Waals surface area (Å²) >= 11 is 3.25. The van der Waals surface area contributed by atoms with Crippen molar-refractivity contribution in [2.45, 2.75) is 39.0 Å². The molecule has 0 saturated carbocycles. The Kier molecular flexibility index (Phi) is 8.32. The van der Waals surface area contributed by atoms with Crippen molar-refractivity contribution in [2.75, 3.05) is 0 Å². The van der Waals surface area contributed by atoms with Crippen LogP contribution in [-0.4, -0.2) is 17.8 Å². The Labute approximate surface area is 143 Å². The average Bonchev–Trinajstić information content (AvgIpc) is 2.52. The van der Waals surface area contributed by atoms with Crippen molar-refractivity contribution in [3.8, 4) is 0 Å². The molecule has 1 aromatic rings.